The Morgan fingerprint density at radius 1 is 1.17 bits per heavy atom. The maximum absolute atomic E-state index is 12.5. The van der Waals surface area contributed by atoms with Crippen molar-refractivity contribution in [2.75, 3.05) is 31.1 Å². The monoisotopic (exact) mass is 405 g/mol. The number of anilines is 1. The zero-order valence-electron chi connectivity index (χ0n) is 16.5. The molecule has 0 spiro atoms. The lowest BCUT2D eigenvalue weighted by molar-refractivity contribution is 0.0197. The summed E-state index contributed by atoms with van der Waals surface area (Å²) in [6.45, 7) is 5.35. The van der Waals surface area contributed by atoms with Gasteiger partial charge in [-0.05, 0) is 32.0 Å². The number of carbonyl (C=O) groups excluding carboxylic acids is 1. The van der Waals surface area contributed by atoms with Gasteiger partial charge in [-0.1, -0.05) is 0 Å². The van der Waals surface area contributed by atoms with Gasteiger partial charge in [0.05, 0.1) is 30.9 Å². The van der Waals surface area contributed by atoms with E-state index < -0.39 is 35.8 Å². The Balaban J connectivity index is 1.75. The molecule has 1 amide bonds. The number of nitrogens with one attached hydrogen (secondary N) is 2. The van der Waals surface area contributed by atoms with E-state index >= 15 is 0 Å². The van der Waals surface area contributed by atoms with Crippen molar-refractivity contribution in [1.82, 2.24) is 10.6 Å². The number of hydrogen-bond donors (Lipinski definition) is 5. The van der Waals surface area contributed by atoms with E-state index in [0.29, 0.717) is 11.0 Å². The van der Waals surface area contributed by atoms with Gasteiger partial charge in [-0.2, -0.15) is 0 Å². The number of carbonyl (C=O) groups is 1. The molecule has 0 bridgehead atoms. The lowest BCUT2D eigenvalue weighted by Gasteiger charge is -2.21. The van der Waals surface area contributed by atoms with Crippen molar-refractivity contribution in [1.29, 1.82) is 0 Å². The second kappa shape index (κ2) is 8.91. The highest BCUT2D eigenvalue weighted by atomic mass is 16.4. The predicted molar refractivity (Wildman–Crippen MR) is 108 cm³/mol. The van der Waals surface area contributed by atoms with Crippen LogP contribution in [-0.2, 0) is 0 Å². The number of fused-ring (bicyclic) bond motifs is 1. The molecule has 5 N–H and O–H groups in total. The highest BCUT2D eigenvalue weighted by Gasteiger charge is 2.40. The number of rotatable bonds is 7. The zero-order chi connectivity index (χ0) is 21.1. The van der Waals surface area contributed by atoms with Crippen LogP contribution in [0.5, 0.6) is 0 Å². The minimum absolute atomic E-state index is 0.0219. The van der Waals surface area contributed by atoms with Crippen molar-refractivity contribution >= 4 is 22.6 Å². The Morgan fingerprint density at radius 2 is 1.86 bits per heavy atom. The van der Waals surface area contributed by atoms with E-state index in [4.69, 9.17) is 4.42 Å². The van der Waals surface area contributed by atoms with Gasteiger partial charge in [-0.15, -0.1) is 0 Å². The minimum Gasteiger partial charge on any atom is -0.422 e. The SMILES string of the molecule is CCN(CC)c1ccc2cc(C(=O)NC[C@H]3N[C@H](CO)[C@@H](O)[C@@H]3O)c(=O)oc2c1. The van der Waals surface area contributed by atoms with Crippen LogP contribution >= 0.6 is 0 Å². The Labute approximate surface area is 167 Å². The fourth-order valence-electron chi connectivity index (χ4n) is 3.63. The molecular weight excluding hydrogens is 378 g/mol. The van der Waals surface area contributed by atoms with Crippen molar-refractivity contribution in [3.8, 4) is 0 Å². The van der Waals surface area contributed by atoms with Gasteiger partial charge in [0.1, 0.15) is 11.1 Å². The molecule has 1 aromatic heterocycles. The molecule has 3 rings (SSSR count). The second-order valence-corrected chi connectivity index (χ2v) is 7.10. The lowest BCUT2D eigenvalue weighted by Crippen LogP contribution is -2.45. The Bertz CT molecular complexity index is 926. The maximum Gasteiger partial charge on any atom is 0.349 e. The number of hydrogen-bond acceptors (Lipinski definition) is 8. The summed E-state index contributed by atoms with van der Waals surface area (Å²) in [6, 6.07) is 5.65. The molecule has 2 heterocycles. The molecule has 1 aromatic carbocycles. The van der Waals surface area contributed by atoms with Gasteiger partial charge in [0, 0.05) is 36.8 Å². The van der Waals surface area contributed by atoms with Crippen LogP contribution in [0.15, 0.2) is 33.5 Å². The van der Waals surface area contributed by atoms with Crippen LogP contribution in [0, 0.1) is 0 Å². The standard InChI is InChI=1S/C20H27N3O6/c1-3-23(4-2)12-6-5-11-7-13(20(28)29-16(11)8-12)19(27)21-9-14-17(25)18(26)15(10-24)22-14/h5-8,14-15,17-18,22,24-26H,3-4,9-10H2,1-2H3,(H,21,27)/t14-,15-,17-,18-/m1/s1. The van der Waals surface area contributed by atoms with Crippen LogP contribution in [0.3, 0.4) is 0 Å². The van der Waals surface area contributed by atoms with Crippen molar-refractivity contribution in [2.24, 2.45) is 0 Å². The van der Waals surface area contributed by atoms with E-state index in [-0.39, 0.29) is 18.7 Å². The van der Waals surface area contributed by atoms with Crippen molar-refractivity contribution in [3.63, 3.8) is 0 Å². The largest absolute Gasteiger partial charge is 0.422 e. The van der Waals surface area contributed by atoms with Crippen LogP contribution in [-0.4, -0.2) is 71.8 Å². The normalized spacial score (nSPS) is 24.0. The fourth-order valence-corrected chi connectivity index (χ4v) is 3.63. The predicted octanol–water partition coefficient (Wildman–Crippen LogP) is -0.576. The minimum atomic E-state index is -1.14. The van der Waals surface area contributed by atoms with Crippen LogP contribution in [0.1, 0.15) is 24.2 Å². The van der Waals surface area contributed by atoms with Gasteiger partial charge < -0.3 is 35.3 Å². The first-order valence-electron chi connectivity index (χ1n) is 9.73. The molecule has 9 nitrogen and oxygen atoms in total. The zero-order valence-corrected chi connectivity index (χ0v) is 16.5. The van der Waals surface area contributed by atoms with Gasteiger partial charge in [-0.25, -0.2) is 4.79 Å². The molecule has 29 heavy (non-hydrogen) atoms. The fraction of sp³-hybridized carbons (Fsp3) is 0.500. The van der Waals surface area contributed by atoms with Gasteiger partial charge in [0.15, 0.2) is 0 Å². The summed E-state index contributed by atoms with van der Waals surface area (Å²) in [6.07, 6.45) is -2.27. The van der Waals surface area contributed by atoms with E-state index in [1.54, 1.807) is 12.1 Å². The van der Waals surface area contributed by atoms with Gasteiger partial charge >= 0.3 is 5.63 Å². The van der Waals surface area contributed by atoms with Crippen LogP contribution in [0.2, 0.25) is 0 Å². The van der Waals surface area contributed by atoms with E-state index in [0.717, 1.165) is 18.8 Å². The number of nitrogens with zero attached hydrogens (tertiary/aromatic N) is 1. The smallest absolute Gasteiger partial charge is 0.349 e. The number of benzene rings is 1. The Hall–Kier alpha value is -2.46. The molecule has 1 aliphatic rings. The summed E-state index contributed by atoms with van der Waals surface area (Å²) in [5.74, 6) is -0.635. The summed E-state index contributed by atoms with van der Waals surface area (Å²) in [4.78, 5) is 26.9. The van der Waals surface area contributed by atoms with E-state index in [1.165, 1.54) is 6.07 Å². The van der Waals surface area contributed by atoms with Crippen LogP contribution in [0.25, 0.3) is 11.0 Å². The summed E-state index contributed by atoms with van der Waals surface area (Å²) in [7, 11) is 0. The highest BCUT2D eigenvalue weighted by Crippen LogP contribution is 2.22. The molecule has 1 fully saturated rings. The average Bonchev–Trinajstić information content (AvgIpc) is 3.00. The Morgan fingerprint density at radius 3 is 2.48 bits per heavy atom. The van der Waals surface area contributed by atoms with E-state index in [1.807, 2.05) is 19.9 Å². The van der Waals surface area contributed by atoms with Crippen LogP contribution < -0.4 is 21.2 Å². The highest BCUT2D eigenvalue weighted by molar-refractivity contribution is 5.97. The summed E-state index contributed by atoms with van der Waals surface area (Å²) >= 11 is 0. The third kappa shape index (κ3) is 4.27. The number of amides is 1. The Kier molecular flexibility index (Phi) is 6.53. The molecule has 9 heteroatoms. The molecule has 4 atom stereocenters. The number of aliphatic hydroxyl groups is 3. The molecular formula is C20H27N3O6. The number of aliphatic hydroxyl groups excluding tert-OH is 3. The van der Waals surface area contributed by atoms with Gasteiger partial charge in [-0.3, -0.25) is 4.79 Å². The molecule has 1 aliphatic heterocycles. The summed E-state index contributed by atoms with van der Waals surface area (Å²) in [5.41, 5.74) is 0.443. The average molecular weight is 405 g/mol. The van der Waals surface area contributed by atoms with Crippen molar-refractivity contribution in [3.05, 3.63) is 40.2 Å². The first-order valence-corrected chi connectivity index (χ1v) is 9.73. The van der Waals surface area contributed by atoms with Gasteiger partial charge in [0.25, 0.3) is 5.91 Å². The van der Waals surface area contributed by atoms with Crippen molar-refractivity contribution in [2.45, 2.75) is 38.1 Å². The molecule has 0 unspecified atom stereocenters. The lowest BCUT2D eigenvalue weighted by atomic mass is 10.1. The summed E-state index contributed by atoms with van der Waals surface area (Å²) in [5, 5.41) is 35.0. The first-order chi connectivity index (χ1) is 13.9. The maximum atomic E-state index is 12.5. The molecule has 0 radical (unpaired) electrons. The molecule has 0 aliphatic carbocycles. The van der Waals surface area contributed by atoms with Crippen LogP contribution in [0.4, 0.5) is 5.69 Å². The second-order valence-electron chi connectivity index (χ2n) is 7.10. The quantitative estimate of drug-likeness (QED) is 0.386. The molecule has 2 aromatic rings. The van der Waals surface area contributed by atoms with Gasteiger partial charge in [0.2, 0.25) is 0 Å². The molecule has 158 valence electrons. The van der Waals surface area contributed by atoms with E-state index in [9.17, 15) is 24.9 Å². The first kappa shape index (κ1) is 21.3. The molecule has 1 saturated heterocycles. The molecule has 0 saturated carbocycles. The third-order valence-corrected chi connectivity index (χ3v) is 5.37. The third-order valence-electron chi connectivity index (χ3n) is 5.37. The topological polar surface area (TPSA) is 135 Å². The van der Waals surface area contributed by atoms with E-state index in [2.05, 4.69) is 15.5 Å². The summed E-state index contributed by atoms with van der Waals surface area (Å²) < 4.78 is 5.36. The van der Waals surface area contributed by atoms with Crippen molar-refractivity contribution < 1.29 is 24.5 Å².